The van der Waals surface area contributed by atoms with Crippen LogP contribution in [0.1, 0.15) is 58.6 Å². The van der Waals surface area contributed by atoms with Crippen LogP contribution in [0, 0.1) is 11.8 Å². The third kappa shape index (κ3) is 16.0. The number of carbonyl (C=O) groups excluding carboxylic acids is 4. The average molecular weight is 735 g/mol. The zero-order valence-corrected chi connectivity index (χ0v) is 31.1. The molecule has 0 aliphatic heterocycles. The highest BCUT2D eigenvalue weighted by molar-refractivity contribution is 7.93. The van der Waals surface area contributed by atoms with Gasteiger partial charge in [-0.25, -0.2) is 21.6 Å². The number of carbonyl (C=O) groups is 4. The van der Waals surface area contributed by atoms with Crippen LogP contribution in [0.4, 0.5) is 4.79 Å². The average Bonchev–Trinajstić information content (AvgIpc) is 3.04. The molecular weight excluding hydrogens is 685 g/mol. The minimum atomic E-state index is -4.00. The van der Waals surface area contributed by atoms with Gasteiger partial charge in [0.15, 0.2) is 19.7 Å². The second-order valence-corrected chi connectivity index (χ2v) is 16.8. The molecule has 0 aliphatic rings. The topological polar surface area (TPSA) is 194 Å². The van der Waals surface area contributed by atoms with Crippen molar-refractivity contribution in [1.82, 2.24) is 21.3 Å². The number of rotatable bonds is 19. The number of hydrogen-bond donors (Lipinski definition) is 4. The van der Waals surface area contributed by atoms with Crippen molar-refractivity contribution in [2.45, 2.75) is 84.0 Å². The number of ether oxygens (including phenoxy) is 1. The fraction of sp³-hybridized carbons (Fsp3) is 0.486. The Kier molecular flexibility index (Phi) is 16.6. The molecule has 0 aliphatic carbocycles. The van der Waals surface area contributed by atoms with Gasteiger partial charge in [0.05, 0.1) is 11.5 Å². The lowest BCUT2D eigenvalue weighted by atomic mass is 9.98. The summed E-state index contributed by atoms with van der Waals surface area (Å²) in [4.78, 5) is 53.1. The summed E-state index contributed by atoms with van der Waals surface area (Å²) in [6.45, 7) is 8.63. The van der Waals surface area contributed by atoms with Gasteiger partial charge in [0, 0.05) is 17.7 Å². The summed E-state index contributed by atoms with van der Waals surface area (Å²) in [6.07, 6.45) is 2.36. The number of benzene rings is 2. The van der Waals surface area contributed by atoms with Gasteiger partial charge in [0.1, 0.15) is 24.7 Å². The standard InChI is InChI=1S/C35H50N4O9S2/c1-7-25(4)31(39-35(43)48-21-27-14-10-8-11-15-27)34(42)38-30(23-50(46,47)22-28-16-12-9-13-17-28)33(41)36-26(5)32(40)37-29(20-24(2)3)18-19-49(6,44)45/h8-19,24-26,29-31H,7,20-23H2,1-6H3,(H,36,41)(H,37,40)(H,38,42)(H,39,43)/b19-18+/t25-,26-,29+,30-,31-/m0/s1. The summed E-state index contributed by atoms with van der Waals surface area (Å²) < 4.78 is 55.3. The second kappa shape index (κ2) is 19.8. The Morgan fingerprint density at radius 1 is 0.760 bits per heavy atom. The van der Waals surface area contributed by atoms with E-state index in [-0.39, 0.29) is 12.5 Å². The molecule has 0 bridgehead atoms. The molecular formula is C35H50N4O9S2. The van der Waals surface area contributed by atoms with Gasteiger partial charge in [-0.05, 0) is 36.3 Å². The first-order valence-corrected chi connectivity index (χ1v) is 20.2. The van der Waals surface area contributed by atoms with Gasteiger partial charge < -0.3 is 26.0 Å². The van der Waals surface area contributed by atoms with Gasteiger partial charge in [-0.2, -0.15) is 0 Å². The third-order valence-electron chi connectivity index (χ3n) is 7.63. The summed E-state index contributed by atoms with van der Waals surface area (Å²) in [5, 5.41) is 11.2. The van der Waals surface area contributed by atoms with Gasteiger partial charge in [-0.3, -0.25) is 14.4 Å². The maximum Gasteiger partial charge on any atom is 0.408 e. The van der Waals surface area contributed by atoms with E-state index in [9.17, 15) is 36.0 Å². The van der Waals surface area contributed by atoms with Crippen molar-refractivity contribution in [3.8, 4) is 0 Å². The smallest absolute Gasteiger partial charge is 0.408 e. The molecule has 2 rings (SSSR count). The van der Waals surface area contributed by atoms with Crippen LogP contribution < -0.4 is 21.3 Å². The van der Waals surface area contributed by atoms with Gasteiger partial charge in [0.2, 0.25) is 17.7 Å². The Hall–Kier alpha value is -4.24. The number of nitrogens with one attached hydrogen (secondary N) is 4. The van der Waals surface area contributed by atoms with Crippen LogP contribution in [0.25, 0.3) is 0 Å². The van der Waals surface area contributed by atoms with E-state index in [1.165, 1.54) is 13.0 Å². The van der Waals surface area contributed by atoms with Crippen molar-refractivity contribution in [3.05, 3.63) is 83.3 Å². The molecule has 4 amide bonds. The Morgan fingerprint density at radius 3 is 1.88 bits per heavy atom. The molecule has 0 radical (unpaired) electrons. The lowest BCUT2D eigenvalue weighted by molar-refractivity contribution is -0.132. The van der Waals surface area contributed by atoms with Crippen LogP contribution >= 0.6 is 0 Å². The molecule has 0 unspecified atom stereocenters. The molecule has 0 aromatic heterocycles. The SMILES string of the molecule is CC[C@H](C)[C@H](NC(=O)OCc1ccccc1)C(=O)N[C@@H](CS(=O)(=O)Cc1ccccc1)C(=O)N[C@@H](C)C(=O)N[C@H](/C=C/S(C)(=O)=O)CC(C)C. The quantitative estimate of drug-likeness (QED) is 0.168. The van der Waals surface area contributed by atoms with E-state index in [0.717, 1.165) is 17.2 Å². The Bertz CT molecular complexity index is 1670. The monoisotopic (exact) mass is 734 g/mol. The lowest BCUT2D eigenvalue weighted by Gasteiger charge is -2.27. The summed E-state index contributed by atoms with van der Waals surface area (Å²) in [5.41, 5.74) is 1.21. The molecule has 0 spiro atoms. The largest absolute Gasteiger partial charge is 0.445 e. The molecule has 13 nitrogen and oxygen atoms in total. The number of hydrogen-bond acceptors (Lipinski definition) is 9. The molecule has 0 heterocycles. The lowest BCUT2D eigenvalue weighted by Crippen LogP contribution is -2.59. The number of alkyl carbamates (subject to hydrolysis) is 1. The first kappa shape index (κ1) is 41.9. The van der Waals surface area contributed by atoms with E-state index in [1.807, 2.05) is 19.9 Å². The van der Waals surface area contributed by atoms with Crippen LogP contribution in [0.5, 0.6) is 0 Å². The van der Waals surface area contributed by atoms with Crippen molar-refractivity contribution < 1.29 is 40.8 Å². The first-order valence-electron chi connectivity index (χ1n) is 16.4. The summed E-state index contributed by atoms with van der Waals surface area (Å²) in [5.74, 6) is -3.97. The molecule has 2 aromatic carbocycles. The van der Waals surface area contributed by atoms with Crippen LogP contribution in [-0.2, 0) is 51.2 Å². The fourth-order valence-electron chi connectivity index (χ4n) is 4.80. The van der Waals surface area contributed by atoms with Gasteiger partial charge >= 0.3 is 6.09 Å². The highest BCUT2D eigenvalue weighted by Gasteiger charge is 2.34. The summed E-state index contributed by atoms with van der Waals surface area (Å²) >= 11 is 0. The van der Waals surface area contributed by atoms with Gasteiger partial charge in [-0.15, -0.1) is 0 Å². The first-order chi connectivity index (χ1) is 23.4. The maximum atomic E-state index is 13.6. The Labute approximate surface area is 295 Å². The van der Waals surface area contributed by atoms with Crippen LogP contribution in [0.15, 0.2) is 72.1 Å². The Balaban J connectivity index is 2.28. The van der Waals surface area contributed by atoms with Crippen molar-refractivity contribution >= 4 is 43.5 Å². The molecule has 0 fully saturated rings. The van der Waals surface area contributed by atoms with Gasteiger partial charge in [0.25, 0.3) is 0 Å². The minimum absolute atomic E-state index is 0.0493. The van der Waals surface area contributed by atoms with E-state index in [4.69, 9.17) is 4.74 Å². The summed E-state index contributed by atoms with van der Waals surface area (Å²) in [7, 11) is -7.47. The zero-order chi connectivity index (χ0) is 37.5. The molecule has 50 heavy (non-hydrogen) atoms. The molecule has 5 atom stereocenters. The predicted octanol–water partition coefficient (Wildman–Crippen LogP) is 3.02. The highest BCUT2D eigenvalue weighted by Crippen LogP contribution is 2.13. The molecule has 2 aromatic rings. The Morgan fingerprint density at radius 2 is 1.34 bits per heavy atom. The molecule has 276 valence electrons. The fourth-order valence-corrected chi connectivity index (χ4v) is 6.83. The molecule has 4 N–H and O–H groups in total. The molecule has 15 heteroatoms. The zero-order valence-electron chi connectivity index (χ0n) is 29.4. The van der Waals surface area contributed by atoms with E-state index in [1.54, 1.807) is 68.4 Å². The highest BCUT2D eigenvalue weighted by atomic mass is 32.2. The number of amides is 4. The normalized spacial score (nSPS) is 14.9. The van der Waals surface area contributed by atoms with Crippen molar-refractivity contribution in [3.63, 3.8) is 0 Å². The molecule has 0 saturated heterocycles. The minimum Gasteiger partial charge on any atom is -0.445 e. The van der Waals surface area contributed by atoms with E-state index in [0.29, 0.717) is 18.4 Å². The van der Waals surface area contributed by atoms with Crippen LogP contribution in [-0.4, -0.2) is 76.8 Å². The van der Waals surface area contributed by atoms with E-state index < -0.39 is 85.1 Å². The van der Waals surface area contributed by atoms with Crippen LogP contribution in [0.2, 0.25) is 0 Å². The van der Waals surface area contributed by atoms with Crippen molar-refractivity contribution in [1.29, 1.82) is 0 Å². The summed E-state index contributed by atoms with van der Waals surface area (Å²) in [6, 6.07) is 12.5. The third-order valence-corrected chi connectivity index (χ3v) is 9.89. The van der Waals surface area contributed by atoms with E-state index in [2.05, 4.69) is 21.3 Å². The van der Waals surface area contributed by atoms with Crippen molar-refractivity contribution in [2.75, 3.05) is 12.0 Å². The maximum absolute atomic E-state index is 13.6. The van der Waals surface area contributed by atoms with Crippen LogP contribution in [0.3, 0.4) is 0 Å². The van der Waals surface area contributed by atoms with Crippen molar-refractivity contribution in [2.24, 2.45) is 11.8 Å². The number of sulfone groups is 2. The molecule has 0 saturated carbocycles. The second-order valence-electron chi connectivity index (χ2n) is 12.8. The van der Waals surface area contributed by atoms with E-state index >= 15 is 0 Å². The predicted molar refractivity (Wildman–Crippen MR) is 192 cm³/mol. The van der Waals surface area contributed by atoms with Gasteiger partial charge in [-0.1, -0.05) is 101 Å².